The van der Waals surface area contributed by atoms with Crippen LogP contribution in [-0.4, -0.2) is 18.9 Å². The molecule has 31 heavy (non-hydrogen) atoms. The van der Waals surface area contributed by atoms with Crippen LogP contribution in [0.5, 0.6) is 0 Å². The monoisotopic (exact) mass is 434 g/mol. The Balaban J connectivity index is 2.33. The van der Waals surface area contributed by atoms with Gasteiger partial charge in [-0.15, -0.1) is 0 Å². The summed E-state index contributed by atoms with van der Waals surface area (Å²) in [6, 6.07) is 0. The van der Waals surface area contributed by atoms with Crippen LogP contribution < -0.4 is 0 Å². The molecular formula is C28H50O3. The first-order valence-electron chi connectivity index (χ1n) is 12.7. The molecule has 0 aromatic rings. The van der Waals surface area contributed by atoms with Crippen molar-refractivity contribution in [2.75, 3.05) is 7.11 Å². The topological polar surface area (TPSA) is 43.4 Å². The summed E-state index contributed by atoms with van der Waals surface area (Å²) in [4.78, 5) is 25.0. The molecule has 2 aliphatic rings. The zero-order valence-electron chi connectivity index (χ0n) is 22.2. The molecule has 3 heteroatoms. The number of esters is 1. The summed E-state index contributed by atoms with van der Waals surface area (Å²) >= 11 is 0. The lowest BCUT2D eigenvalue weighted by atomic mass is 9.47. The lowest BCUT2D eigenvalue weighted by molar-refractivity contribution is -0.158. The van der Waals surface area contributed by atoms with Gasteiger partial charge < -0.3 is 4.74 Å². The van der Waals surface area contributed by atoms with Crippen LogP contribution in [0.15, 0.2) is 0 Å². The molecule has 0 aliphatic heterocycles. The summed E-state index contributed by atoms with van der Waals surface area (Å²) in [6.07, 6.45) is 8.47. The van der Waals surface area contributed by atoms with E-state index in [0.29, 0.717) is 41.4 Å². The average molecular weight is 435 g/mol. The van der Waals surface area contributed by atoms with Gasteiger partial charge in [-0.3, -0.25) is 9.59 Å². The fourth-order valence-electron chi connectivity index (χ4n) is 7.97. The third kappa shape index (κ3) is 4.76. The van der Waals surface area contributed by atoms with E-state index in [2.05, 4.69) is 62.3 Å². The molecule has 0 N–H and O–H groups in total. The van der Waals surface area contributed by atoms with Crippen molar-refractivity contribution in [3.8, 4) is 0 Å². The van der Waals surface area contributed by atoms with Crippen molar-refractivity contribution in [1.82, 2.24) is 0 Å². The molecule has 4 atom stereocenters. The van der Waals surface area contributed by atoms with Gasteiger partial charge in [-0.1, -0.05) is 75.2 Å². The van der Waals surface area contributed by atoms with Gasteiger partial charge in [0.25, 0.3) is 0 Å². The number of Topliss-reactive ketones (excluding diaryl/α,β-unsaturated/α-hetero) is 1. The maximum atomic E-state index is 12.6. The number of hydrogen-bond donors (Lipinski definition) is 0. The molecule has 0 radical (unpaired) electrons. The first-order chi connectivity index (χ1) is 14.1. The molecule has 2 fully saturated rings. The van der Waals surface area contributed by atoms with Gasteiger partial charge in [0.15, 0.2) is 0 Å². The van der Waals surface area contributed by atoms with Gasteiger partial charge >= 0.3 is 5.97 Å². The predicted molar refractivity (Wildman–Crippen MR) is 129 cm³/mol. The van der Waals surface area contributed by atoms with Crippen LogP contribution >= 0.6 is 0 Å². The Bertz CT molecular complexity index is 646. The minimum absolute atomic E-state index is 0.0144. The van der Waals surface area contributed by atoms with E-state index in [0.717, 1.165) is 6.42 Å². The largest absolute Gasteiger partial charge is 0.468 e. The Morgan fingerprint density at radius 1 is 1.00 bits per heavy atom. The standard InChI is InChI=1S/C28H50O3/c1-19(2)27(25(5,6)7)14-11-12-21(17-27)16-26(8,9)28(20(3)4)15-13-23(29)22(18-28)24(30)31-10/h19-22H,11-18H2,1-10H3. The molecule has 0 aromatic heterocycles. The van der Waals surface area contributed by atoms with Crippen LogP contribution in [0.3, 0.4) is 0 Å². The summed E-state index contributed by atoms with van der Waals surface area (Å²) < 4.78 is 5.03. The Kier molecular flexibility index (Phi) is 7.81. The Hall–Kier alpha value is -0.860. The fourth-order valence-corrected chi connectivity index (χ4v) is 7.97. The van der Waals surface area contributed by atoms with Crippen LogP contribution in [0.4, 0.5) is 0 Å². The van der Waals surface area contributed by atoms with Gasteiger partial charge in [0.05, 0.1) is 7.11 Å². The van der Waals surface area contributed by atoms with Gasteiger partial charge in [-0.25, -0.2) is 0 Å². The van der Waals surface area contributed by atoms with E-state index in [1.807, 2.05) is 0 Å². The van der Waals surface area contributed by atoms with Crippen molar-refractivity contribution in [2.24, 2.45) is 45.3 Å². The first-order valence-corrected chi connectivity index (χ1v) is 12.7. The number of carbonyl (C=O) groups is 2. The average Bonchev–Trinajstić information content (AvgIpc) is 2.66. The molecule has 0 saturated heterocycles. The van der Waals surface area contributed by atoms with Gasteiger partial charge in [-0.05, 0) is 71.5 Å². The van der Waals surface area contributed by atoms with Crippen LogP contribution in [0.1, 0.15) is 114 Å². The SMILES string of the molecule is COC(=O)C1CC(C(C)C)(C(C)(C)CC2CCCC(C(C)C)(C(C)(C)C)C2)CCC1=O. The van der Waals surface area contributed by atoms with Gasteiger partial charge in [0.2, 0.25) is 0 Å². The highest BCUT2D eigenvalue weighted by molar-refractivity contribution is 5.99. The summed E-state index contributed by atoms with van der Waals surface area (Å²) in [6.45, 7) is 21.6. The molecule has 0 amide bonds. The highest BCUT2D eigenvalue weighted by atomic mass is 16.5. The normalized spacial score (nSPS) is 33.1. The quantitative estimate of drug-likeness (QED) is 0.322. The second-order valence-corrected chi connectivity index (χ2v) is 13.2. The fraction of sp³-hybridized carbons (Fsp3) is 0.929. The second kappa shape index (κ2) is 9.18. The molecule has 4 unspecified atom stereocenters. The maximum absolute atomic E-state index is 12.6. The van der Waals surface area contributed by atoms with Gasteiger partial charge in [0.1, 0.15) is 11.7 Å². The molecule has 2 rings (SSSR count). The second-order valence-electron chi connectivity index (χ2n) is 13.2. The lowest BCUT2D eigenvalue weighted by Gasteiger charge is -2.57. The first kappa shape index (κ1) is 26.4. The van der Waals surface area contributed by atoms with Crippen LogP contribution in [0, 0.1) is 45.3 Å². The van der Waals surface area contributed by atoms with E-state index in [1.54, 1.807) is 0 Å². The molecule has 0 spiro atoms. The number of hydrogen-bond acceptors (Lipinski definition) is 3. The van der Waals surface area contributed by atoms with Crippen LogP contribution in [-0.2, 0) is 14.3 Å². The Morgan fingerprint density at radius 2 is 1.58 bits per heavy atom. The number of ether oxygens (including phenoxy) is 1. The lowest BCUT2D eigenvalue weighted by Crippen LogP contribution is -2.51. The summed E-state index contributed by atoms with van der Waals surface area (Å²) in [5.74, 6) is 0.946. The Morgan fingerprint density at radius 3 is 2.06 bits per heavy atom. The number of rotatable bonds is 6. The smallest absolute Gasteiger partial charge is 0.316 e. The summed E-state index contributed by atoms with van der Waals surface area (Å²) in [5.41, 5.74) is 0.733. The van der Waals surface area contributed by atoms with Crippen LogP contribution in [0.25, 0.3) is 0 Å². The van der Waals surface area contributed by atoms with E-state index in [1.165, 1.54) is 39.2 Å². The molecular weight excluding hydrogens is 384 g/mol. The van der Waals surface area contributed by atoms with Crippen molar-refractivity contribution in [3.05, 3.63) is 0 Å². The van der Waals surface area contributed by atoms with E-state index in [4.69, 9.17) is 4.74 Å². The molecule has 2 saturated carbocycles. The van der Waals surface area contributed by atoms with Crippen molar-refractivity contribution < 1.29 is 14.3 Å². The number of carbonyl (C=O) groups excluding carboxylic acids is 2. The highest BCUT2D eigenvalue weighted by Gasteiger charge is 2.55. The molecule has 0 aromatic carbocycles. The Labute approximate surface area is 192 Å². The molecule has 0 bridgehead atoms. The van der Waals surface area contributed by atoms with E-state index < -0.39 is 5.92 Å². The van der Waals surface area contributed by atoms with Crippen LogP contribution in [0.2, 0.25) is 0 Å². The number of methoxy groups -OCH3 is 1. The van der Waals surface area contributed by atoms with Gasteiger partial charge in [0, 0.05) is 6.42 Å². The summed E-state index contributed by atoms with van der Waals surface area (Å²) in [7, 11) is 1.41. The van der Waals surface area contributed by atoms with E-state index >= 15 is 0 Å². The van der Waals surface area contributed by atoms with Crippen molar-refractivity contribution in [3.63, 3.8) is 0 Å². The molecule has 0 heterocycles. The van der Waals surface area contributed by atoms with E-state index in [9.17, 15) is 9.59 Å². The molecule has 2 aliphatic carbocycles. The highest BCUT2D eigenvalue weighted by Crippen LogP contribution is 2.61. The minimum atomic E-state index is -0.587. The van der Waals surface area contributed by atoms with Crippen molar-refractivity contribution in [1.29, 1.82) is 0 Å². The molecule has 180 valence electrons. The summed E-state index contributed by atoms with van der Waals surface area (Å²) in [5, 5.41) is 0. The zero-order chi connectivity index (χ0) is 23.8. The van der Waals surface area contributed by atoms with Crippen molar-refractivity contribution >= 4 is 11.8 Å². The number of ketones is 1. The minimum Gasteiger partial charge on any atom is -0.468 e. The van der Waals surface area contributed by atoms with Crippen molar-refractivity contribution in [2.45, 2.75) is 114 Å². The predicted octanol–water partition coefficient (Wildman–Crippen LogP) is 7.47. The van der Waals surface area contributed by atoms with Gasteiger partial charge in [-0.2, -0.15) is 0 Å². The third-order valence-electron chi connectivity index (χ3n) is 10.00. The van der Waals surface area contributed by atoms with E-state index in [-0.39, 0.29) is 22.6 Å². The maximum Gasteiger partial charge on any atom is 0.316 e. The zero-order valence-corrected chi connectivity index (χ0v) is 22.2. The third-order valence-corrected chi connectivity index (χ3v) is 10.00. The molecule has 3 nitrogen and oxygen atoms in total.